The van der Waals surface area contributed by atoms with Gasteiger partial charge in [-0.2, -0.15) is 0 Å². The summed E-state index contributed by atoms with van der Waals surface area (Å²) in [6, 6.07) is 7.77. The first kappa shape index (κ1) is 12.8. The summed E-state index contributed by atoms with van der Waals surface area (Å²) in [5.41, 5.74) is 1.98. The molecule has 0 atom stereocenters. The van der Waals surface area contributed by atoms with Gasteiger partial charge in [0.25, 0.3) is 5.91 Å². The third-order valence-electron chi connectivity index (χ3n) is 2.66. The van der Waals surface area contributed by atoms with E-state index >= 15 is 0 Å². The predicted octanol–water partition coefficient (Wildman–Crippen LogP) is 2.34. The number of aromatic carboxylic acids is 1. The van der Waals surface area contributed by atoms with Crippen LogP contribution < -0.4 is 5.32 Å². The van der Waals surface area contributed by atoms with Crippen molar-refractivity contribution < 1.29 is 14.7 Å². The Morgan fingerprint density at radius 1 is 1.11 bits per heavy atom. The number of aromatic nitrogens is 1. The van der Waals surface area contributed by atoms with Gasteiger partial charge in [-0.15, -0.1) is 0 Å². The van der Waals surface area contributed by atoms with E-state index in [1.165, 1.54) is 24.5 Å². The molecule has 0 spiro atoms. The van der Waals surface area contributed by atoms with E-state index < -0.39 is 5.97 Å². The van der Waals surface area contributed by atoms with Crippen molar-refractivity contribution in [3.8, 4) is 0 Å². The highest BCUT2D eigenvalue weighted by molar-refractivity contribution is 6.04. The van der Waals surface area contributed by atoms with Gasteiger partial charge in [-0.1, -0.05) is 0 Å². The molecule has 2 aromatic rings. The van der Waals surface area contributed by atoms with E-state index in [-0.39, 0.29) is 11.5 Å². The highest BCUT2D eigenvalue weighted by Gasteiger charge is 2.09. The van der Waals surface area contributed by atoms with Gasteiger partial charge in [0.1, 0.15) is 0 Å². The lowest BCUT2D eigenvalue weighted by atomic mass is 10.1. The number of nitrogens with one attached hydrogen (secondary N) is 1. The summed E-state index contributed by atoms with van der Waals surface area (Å²) >= 11 is 0. The third-order valence-corrected chi connectivity index (χ3v) is 2.66. The number of benzene rings is 1. The van der Waals surface area contributed by atoms with Crippen LogP contribution in [0.25, 0.3) is 0 Å². The van der Waals surface area contributed by atoms with Crippen LogP contribution in [0.5, 0.6) is 0 Å². The smallest absolute Gasteiger partial charge is 0.335 e. The van der Waals surface area contributed by atoms with Crippen molar-refractivity contribution in [1.29, 1.82) is 0 Å². The molecule has 19 heavy (non-hydrogen) atoms. The van der Waals surface area contributed by atoms with Crippen molar-refractivity contribution in [3.05, 3.63) is 59.4 Å². The molecule has 96 valence electrons. The standard InChI is InChI=1S/C14H12N2O3/c1-9-8-11(14(18)19)2-3-12(9)16-13(17)10-4-6-15-7-5-10/h2-8H,1H3,(H,16,17)(H,18,19). The van der Waals surface area contributed by atoms with Gasteiger partial charge in [-0.25, -0.2) is 4.79 Å². The van der Waals surface area contributed by atoms with Crippen molar-refractivity contribution in [2.24, 2.45) is 0 Å². The molecular weight excluding hydrogens is 244 g/mol. The summed E-state index contributed by atoms with van der Waals surface area (Å²) in [5.74, 6) is -1.25. The number of aryl methyl sites for hydroxylation is 1. The Bertz CT molecular complexity index is 624. The van der Waals surface area contributed by atoms with Crippen LogP contribution in [-0.4, -0.2) is 22.0 Å². The number of carbonyl (C=O) groups is 2. The number of pyridine rings is 1. The first-order valence-corrected chi connectivity index (χ1v) is 5.63. The highest BCUT2D eigenvalue weighted by Crippen LogP contribution is 2.17. The minimum absolute atomic E-state index is 0.194. The topological polar surface area (TPSA) is 79.3 Å². The maximum Gasteiger partial charge on any atom is 0.335 e. The molecule has 1 heterocycles. The normalized spacial score (nSPS) is 9.95. The zero-order valence-electron chi connectivity index (χ0n) is 10.3. The zero-order chi connectivity index (χ0) is 13.8. The minimum Gasteiger partial charge on any atom is -0.478 e. The van der Waals surface area contributed by atoms with Crippen LogP contribution in [0.4, 0.5) is 5.69 Å². The molecule has 5 heteroatoms. The second kappa shape index (κ2) is 5.30. The van der Waals surface area contributed by atoms with Crippen LogP contribution in [0.15, 0.2) is 42.7 Å². The molecule has 5 nitrogen and oxygen atoms in total. The van der Waals surface area contributed by atoms with Gasteiger partial charge in [0.15, 0.2) is 0 Å². The third kappa shape index (κ3) is 2.95. The summed E-state index contributed by atoms with van der Waals surface area (Å²) in [6.07, 6.45) is 3.07. The van der Waals surface area contributed by atoms with Crippen molar-refractivity contribution in [3.63, 3.8) is 0 Å². The van der Waals surface area contributed by atoms with Crippen LogP contribution in [0, 0.1) is 6.92 Å². The lowest BCUT2D eigenvalue weighted by Crippen LogP contribution is -2.13. The molecule has 2 N–H and O–H groups in total. The average molecular weight is 256 g/mol. The summed E-state index contributed by atoms with van der Waals surface area (Å²) in [4.78, 5) is 26.6. The van der Waals surface area contributed by atoms with Gasteiger partial charge in [-0.3, -0.25) is 9.78 Å². The Kier molecular flexibility index (Phi) is 3.56. The van der Waals surface area contributed by atoms with E-state index in [4.69, 9.17) is 5.11 Å². The predicted molar refractivity (Wildman–Crippen MR) is 70.3 cm³/mol. The molecule has 1 aromatic carbocycles. The van der Waals surface area contributed by atoms with Crippen LogP contribution in [0.1, 0.15) is 26.3 Å². The summed E-state index contributed by atoms with van der Waals surface area (Å²) in [5, 5.41) is 11.6. The fourth-order valence-electron chi connectivity index (χ4n) is 1.63. The molecule has 0 radical (unpaired) electrons. The summed E-state index contributed by atoms with van der Waals surface area (Å²) in [7, 11) is 0. The monoisotopic (exact) mass is 256 g/mol. The number of nitrogens with zero attached hydrogens (tertiary/aromatic N) is 1. The SMILES string of the molecule is Cc1cc(C(=O)O)ccc1NC(=O)c1ccncc1. The quantitative estimate of drug-likeness (QED) is 0.883. The molecule has 0 saturated heterocycles. The van der Waals surface area contributed by atoms with Crippen LogP contribution >= 0.6 is 0 Å². The Balaban J connectivity index is 2.20. The van der Waals surface area contributed by atoms with Gasteiger partial charge in [-0.05, 0) is 42.8 Å². The Hall–Kier alpha value is -2.69. The molecule has 0 aliphatic rings. The van der Waals surface area contributed by atoms with E-state index in [2.05, 4.69) is 10.3 Å². The Morgan fingerprint density at radius 3 is 2.37 bits per heavy atom. The molecule has 0 aliphatic carbocycles. The van der Waals surface area contributed by atoms with E-state index in [1.807, 2.05) is 0 Å². The van der Waals surface area contributed by atoms with Crippen molar-refractivity contribution in [2.75, 3.05) is 5.32 Å². The van der Waals surface area contributed by atoms with Gasteiger partial charge in [0.2, 0.25) is 0 Å². The van der Waals surface area contributed by atoms with Gasteiger partial charge < -0.3 is 10.4 Å². The Morgan fingerprint density at radius 2 is 1.79 bits per heavy atom. The number of anilines is 1. The number of amides is 1. The number of carboxylic acids is 1. The molecule has 0 aliphatic heterocycles. The number of carboxylic acid groups (broad SMARTS) is 1. The second-order valence-electron chi connectivity index (χ2n) is 4.02. The van der Waals surface area contributed by atoms with Crippen molar-refractivity contribution >= 4 is 17.6 Å². The lowest BCUT2D eigenvalue weighted by Gasteiger charge is -2.09. The average Bonchev–Trinajstić information content (AvgIpc) is 2.41. The van der Waals surface area contributed by atoms with Gasteiger partial charge in [0, 0.05) is 23.6 Å². The molecule has 0 fully saturated rings. The van der Waals surface area contributed by atoms with E-state index in [0.717, 1.165) is 0 Å². The number of carbonyl (C=O) groups excluding carboxylic acids is 1. The zero-order valence-corrected chi connectivity index (χ0v) is 10.3. The van der Waals surface area contributed by atoms with E-state index in [0.29, 0.717) is 16.8 Å². The molecule has 0 bridgehead atoms. The first-order chi connectivity index (χ1) is 9.08. The van der Waals surface area contributed by atoms with Gasteiger partial charge >= 0.3 is 5.97 Å². The van der Waals surface area contributed by atoms with E-state index in [1.54, 1.807) is 25.1 Å². The lowest BCUT2D eigenvalue weighted by molar-refractivity contribution is 0.0696. The summed E-state index contributed by atoms with van der Waals surface area (Å²) in [6.45, 7) is 1.74. The first-order valence-electron chi connectivity index (χ1n) is 5.63. The number of hydrogen-bond donors (Lipinski definition) is 2. The second-order valence-corrected chi connectivity index (χ2v) is 4.02. The van der Waals surface area contributed by atoms with Crippen molar-refractivity contribution in [2.45, 2.75) is 6.92 Å². The number of rotatable bonds is 3. The molecule has 0 saturated carbocycles. The number of hydrogen-bond acceptors (Lipinski definition) is 3. The Labute approximate surface area is 109 Å². The minimum atomic E-state index is -0.991. The van der Waals surface area contributed by atoms with Crippen LogP contribution in [0.3, 0.4) is 0 Å². The van der Waals surface area contributed by atoms with Gasteiger partial charge in [0.05, 0.1) is 5.56 Å². The molecule has 0 unspecified atom stereocenters. The van der Waals surface area contributed by atoms with E-state index in [9.17, 15) is 9.59 Å². The van der Waals surface area contributed by atoms with Crippen molar-refractivity contribution in [1.82, 2.24) is 4.98 Å². The van der Waals surface area contributed by atoms with Crippen LogP contribution in [-0.2, 0) is 0 Å². The summed E-state index contributed by atoms with van der Waals surface area (Å²) < 4.78 is 0. The molecular formula is C14H12N2O3. The van der Waals surface area contributed by atoms with Crippen LogP contribution in [0.2, 0.25) is 0 Å². The molecule has 1 aromatic heterocycles. The molecule has 1 amide bonds. The fourth-order valence-corrected chi connectivity index (χ4v) is 1.63. The highest BCUT2D eigenvalue weighted by atomic mass is 16.4. The fraction of sp³-hybridized carbons (Fsp3) is 0.0714. The maximum atomic E-state index is 11.9. The largest absolute Gasteiger partial charge is 0.478 e. The maximum absolute atomic E-state index is 11.9. The molecule has 2 rings (SSSR count).